The first-order valence-corrected chi connectivity index (χ1v) is 6.39. The van der Waals surface area contributed by atoms with Crippen molar-refractivity contribution in [2.45, 2.75) is 13.0 Å². The number of nitrogens with zero attached hydrogens (tertiary/aromatic N) is 1. The average molecular weight is 348 g/mol. The van der Waals surface area contributed by atoms with E-state index < -0.39 is 23.6 Å². The molecule has 0 aliphatic heterocycles. The third-order valence-corrected chi connectivity index (χ3v) is 3.31. The van der Waals surface area contributed by atoms with Gasteiger partial charge in [-0.05, 0) is 30.7 Å². The van der Waals surface area contributed by atoms with E-state index in [-0.39, 0.29) is 28.5 Å². The monoisotopic (exact) mass is 347 g/mol. The third-order valence-electron chi connectivity index (χ3n) is 3.11. The first-order valence-electron chi connectivity index (χ1n) is 6.01. The Balaban J connectivity index is 0.00000242. The number of rotatable bonds is 3. The van der Waals surface area contributed by atoms with E-state index in [1.807, 2.05) is 0 Å². The fraction of sp³-hybridized carbons (Fsp3) is 0.143. The van der Waals surface area contributed by atoms with Gasteiger partial charge >= 0.3 is 0 Å². The maximum atomic E-state index is 13.3. The number of hydrogen-bond donors (Lipinski definition) is 2. The molecule has 4 nitrogen and oxygen atoms in total. The molecule has 118 valence electrons. The Labute approximate surface area is 136 Å². The molecular weight excluding hydrogens is 335 g/mol. The Hall–Kier alpha value is -1.92. The largest absolute Gasteiger partial charge is 0.365 e. The topological polar surface area (TPSA) is 71.9 Å². The first kappa shape index (κ1) is 18.1. The highest BCUT2D eigenvalue weighted by atomic mass is 35.5. The van der Waals surface area contributed by atoms with E-state index in [1.54, 1.807) is 6.92 Å². The van der Waals surface area contributed by atoms with Gasteiger partial charge in [0.25, 0.3) is 5.91 Å². The lowest BCUT2D eigenvalue weighted by Gasteiger charge is -2.18. The molecule has 2 aromatic rings. The standard InChI is InChI=1S/C14H12ClF2N3O.ClH/c1-7(8-2-10(16)5-11(17)3-8)20-6-9(15)4-12(13(20)18)14(19)21;/h2-7,18H,1H3,(H2,19,21);1H. The molecule has 0 fully saturated rings. The van der Waals surface area contributed by atoms with Gasteiger partial charge in [-0.1, -0.05) is 11.6 Å². The van der Waals surface area contributed by atoms with Crippen LogP contribution >= 0.6 is 24.0 Å². The number of carbonyl (C=O) groups is 1. The van der Waals surface area contributed by atoms with Gasteiger partial charge < -0.3 is 10.3 Å². The molecular formula is C14H13Cl2F2N3O. The van der Waals surface area contributed by atoms with Crippen LogP contribution in [-0.4, -0.2) is 10.5 Å². The summed E-state index contributed by atoms with van der Waals surface area (Å²) >= 11 is 5.90. The number of primary amides is 1. The molecule has 0 aliphatic rings. The summed E-state index contributed by atoms with van der Waals surface area (Å²) in [6.45, 7) is 1.63. The van der Waals surface area contributed by atoms with Crippen LogP contribution in [0.3, 0.4) is 0 Å². The second-order valence-electron chi connectivity index (χ2n) is 4.57. The fourth-order valence-electron chi connectivity index (χ4n) is 2.05. The van der Waals surface area contributed by atoms with Crippen LogP contribution in [0.4, 0.5) is 8.78 Å². The molecule has 0 spiro atoms. The van der Waals surface area contributed by atoms with Gasteiger partial charge in [0.1, 0.15) is 17.1 Å². The van der Waals surface area contributed by atoms with Crippen LogP contribution in [0.2, 0.25) is 5.02 Å². The molecule has 1 aromatic heterocycles. The first-order chi connectivity index (χ1) is 9.79. The third kappa shape index (κ3) is 3.64. The summed E-state index contributed by atoms with van der Waals surface area (Å²) in [5.41, 5.74) is 5.26. The van der Waals surface area contributed by atoms with Crippen molar-refractivity contribution in [3.05, 3.63) is 63.7 Å². The molecule has 2 rings (SSSR count). The number of nitrogens with one attached hydrogen (secondary N) is 1. The van der Waals surface area contributed by atoms with Crippen molar-refractivity contribution in [1.82, 2.24) is 4.57 Å². The quantitative estimate of drug-likeness (QED) is 0.879. The Morgan fingerprint density at radius 3 is 2.32 bits per heavy atom. The van der Waals surface area contributed by atoms with Crippen molar-refractivity contribution in [3.63, 3.8) is 0 Å². The van der Waals surface area contributed by atoms with Crippen LogP contribution in [0.15, 0.2) is 30.5 Å². The summed E-state index contributed by atoms with van der Waals surface area (Å²) in [5, 5.41) is 8.17. The Kier molecular flexibility index (Phi) is 5.68. The zero-order chi connectivity index (χ0) is 15.7. The predicted octanol–water partition coefficient (Wildman–Crippen LogP) is 3.03. The van der Waals surface area contributed by atoms with Gasteiger partial charge in [0.2, 0.25) is 0 Å². The van der Waals surface area contributed by atoms with Crippen molar-refractivity contribution in [2.75, 3.05) is 0 Å². The van der Waals surface area contributed by atoms with Gasteiger partial charge in [-0.2, -0.15) is 0 Å². The number of benzene rings is 1. The fourth-order valence-corrected chi connectivity index (χ4v) is 2.26. The van der Waals surface area contributed by atoms with E-state index in [0.717, 1.165) is 18.2 Å². The van der Waals surface area contributed by atoms with E-state index in [1.165, 1.54) is 16.8 Å². The molecule has 1 aromatic carbocycles. The van der Waals surface area contributed by atoms with E-state index in [9.17, 15) is 13.6 Å². The maximum Gasteiger partial charge on any atom is 0.252 e. The Morgan fingerprint density at radius 1 is 1.27 bits per heavy atom. The molecule has 1 amide bonds. The van der Waals surface area contributed by atoms with Gasteiger partial charge in [0.05, 0.1) is 16.6 Å². The van der Waals surface area contributed by atoms with Gasteiger partial charge in [0, 0.05) is 12.3 Å². The van der Waals surface area contributed by atoms with Crippen LogP contribution in [0.5, 0.6) is 0 Å². The Morgan fingerprint density at radius 2 is 1.82 bits per heavy atom. The van der Waals surface area contributed by atoms with Crippen LogP contribution < -0.4 is 11.2 Å². The normalized spacial score (nSPS) is 11.6. The maximum absolute atomic E-state index is 13.3. The highest BCUT2D eigenvalue weighted by molar-refractivity contribution is 6.30. The van der Waals surface area contributed by atoms with E-state index in [4.69, 9.17) is 22.7 Å². The van der Waals surface area contributed by atoms with Crippen molar-refractivity contribution >= 4 is 29.9 Å². The minimum Gasteiger partial charge on any atom is -0.365 e. The number of nitrogens with two attached hydrogens (primary N) is 1. The van der Waals surface area contributed by atoms with Crippen molar-refractivity contribution < 1.29 is 13.6 Å². The van der Waals surface area contributed by atoms with E-state index >= 15 is 0 Å². The lowest BCUT2D eigenvalue weighted by atomic mass is 10.1. The summed E-state index contributed by atoms with van der Waals surface area (Å²) in [7, 11) is 0. The minimum absolute atomic E-state index is 0. The number of pyridine rings is 1. The van der Waals surface area contributed by atoms with Crippen molar-refractivity contribution in [1.29, 1.82) is 5.41 Å². The predicted molar refractivity (Wildman–Crippen MR) is 81.2 cm³/mol. The molecule has 3 N–H and O–H groups in total. The van der Waals surface area contributed by atoms with Crippen LogP contribution in [0.1, 0.15) is 28.9 Å². The summed E-state index contributed by atoms with van der Waals surface area (Å²) in [6.07, 6.45) is 1.41. The molecule has 1 atom stereocenters. The number of halogens is 4. The van der Waals surface area contributed by atoms with E-state index in [0.29, 0.717) is 5.56 Å². The zero-order valence-corrected chi connectivity index (χ0v) is 13.0. The van der Waals surface area contributed by atoms with Crippen molar-refractivity contribution in [3.8, 4) is 0 Å². The molecule has 0 radical (unpaired) electrons. The Bertz CT molecular complexity index is 757. The lowest BCUT2D eigenvalue weighted by Crippen LogP contribution is -2.31. The molecule has 0 saturated carbocycles. The van der Waals surface area contributed by atoms with Gasteiger partial charge in [-0.3, -0.25) is 10.2 Å². The van der Waals surface area contributed by atoms with Crippen LogP contribution in [-0.2, 0) is 0 Å². The molecule has 0 saturated heterocycles. The molecule has 1 heterocycles. The van der Waals surface area contributed by atoms with Gasteiger partial charge in [0.15, 0.2) is 0 Å². The smallest absolute Gasteiger partial charge is 0.252 e. The number of carbonyl (C=O) groups excluding carboxylic acids is 1. The van der Waals surface area contributed by atoms with Gasteiger partial charge in [-0.25, -0.2) is 8.78 Å². The second-order valence-corrected chi connectivity index (χ2v) is 5.01. The number of amides is 1. The molecule has 22 heavy (non-hydrogen) atoms. The highest BCUT2D eigenvalue weighted by Crippen LogP contribution is 2.20. The average Bonchev–Trinajstić information content (AvgIpc) is 2.38. The number of aromatic nitrogens is 1. The van der Waals surface area contributed by atoms with E-state index in [2.05, 4.69) is 0 Å². The van der Waals surface area contributed by atoms with Crippen LogP contribution in [0, 0.1) is 17.0 Å². The molecule has 0 bridgehead atoms. The van der Waals surface area contributed by atoms with Crippen LogP contribution in [0.25, 0.3) is 0 Å². The molecule has 1 unspecified atom stereocenters. The summed E-state index contributed by atoms with van der Waals surface area (Å²) < 4.78 is 27.9. The number of hydrogen-bond acceptors (Lipinski definition) is 2. The summed E-state index contributed by atoms with van der Waals surface area (Å²) in [6, 6.07) is 3.76. The second kappa shape index (κ2) is 6.89. The molecule has 8 heteroatoms. The van der Waals surface area contributed by atoms with Gasteiger partial charge in [-0.15, -0.1) is 12.4 Å². The highest BCUT2D eigenvalue weighted by Gasteiger charge is 2.15. The summed E-state index contributed by atoms with van der Waals surface area (Å²) in [5.74, 6) is -2.24. The molecule has 0 aliphatic carbocycles. The minimum atomic E-state index is -0.797. The SMILES string of the molecule is CC(c1cc(F)cc(F)c1)n1cc(Cl)cc(C(N)=O)c1=N.Cl. The van der Waals surface area contributed by atoms with Crippen molar-refractivity contribution in [2.24, 2.45) is 5.73 Å². The lowest BCUT2D eigenvalue weighted by molar-refractivity contribution is 0.0997. The zero-order valence-electron chi connectivity index (χ0n) is 11.4. The summed E-state index contributed by atoms with van der Waals surface area (Å²) in [4.78, 5) is 11.3.